The number of carbonyl (C=O) groups is 1. The van der Waals surface area contributed by atoms with Crippen LogP contribution in [0, 0.1) is 0 Å². The average Bonchev–Trinajstić information content (AvgIpc) is 3.05. The number of amides is 1. The normalized spacial score (nSPS) is 18.3. The van der Waals surface area contributed by atoms with Crippen LogP contribution in [-0.2, 0) is 17.6 Å². The zero-order chi connectivity index (χ0) is 17.2. The van der Waals surface area contributed by atoms with Crippen molar-refractivity contribution in [2.45, 2.75) is 68.9 Å². The Morgan fingerprint density at radius 1 is 1.20 bits per heavy atom. The second-order valence-corrected chi connectivity index (χ2v) is 9.20. The van der Waals surface area contributed by atoms with Crippen molar-refractivity contribution in [1.29, 1.82) is 0 Å². The van der Waals surface area contributed by atoms with E-state index in [1.54, 1.807) is 18.1 Å². The molecule has 1 fully saturated rings. The van der Waals surface area contributed by atoms with Gasteiger partial charge in [0.05, 0.1) is 5.75 Å². The Balaban J connectivity index is 1.49. The third-order valence-electron chi connectivity index (χ3n) is 5.56. The Bertz CT molecular complexity index is 767. The van der Waals surface area contributed by atoms with E-state index in [0.29, 0.717) is 11.8 Å². The largest absolute Gasteiger partial charge is 0.342 e. The number of fused-ring (bicyclic) bond motifs is 3. The molecule has 1 saturated carbocycles. The van der Waals surface area contributed by atoms with Crippen LogP contribution < -0.4 is 0 Å². The van der Waals surface area contributed by atoms with Gasteiger partial charge in [-0.05, 0) is 44.1 Å². The number of aromatic nitrogens is 2. The minimum absolute atomic E-state index is 0.229. The lowest BCUT2D eigenvalue weighted by atomic mass is 9.94. The van der Waals surface area contributed by atoms with Crippen molar-refractivity contribution in [2.24, 2.45) is 0 Å². The molecule has 2 aromatic heterocycles. The van der Waals surface area contributed by atoms with Crippen molar-refractivity contribution in [1.82, 2.24) is 14.9 Å². The molecule has 134 valence electrons. The summed E-state index contributed by atoms with van der Waals surface area (Å²) in [7, 11) is 1.97. The maximum Gasteiger partial charge on any atom is 0.232 e. The Morgan fingerprint density at radius 2 is 2.00 bits per heavy atom. The van der Waals surface area contributed by atoms with Crippen LogP contribution in [0.15, 0.2) is 11.4 Å². The SMILES string of the molecule is CN(C(=O)CSc1ncnc2sc3c(c12)CCCC3)C1CCCCC1. The first-order valence-corrected chi connectivity index (χ1v) is 11.2. The van der Waals surface area contributed by atoms with Gasteiger partial charge in [-0.2, -0.15) is 0 Å². The lowest BCUT2D eigenvalue weighted by Crippen LogP contribution is -2.39. The number of aryl methyl sites for hydroxylation is 2. The van der Waals surface area contributed by atoms with Crippen molar-refractivity contribution >= 4 is 39.2 Å². The number of hydrogen-bond acceptors (Lipinski definition) is 5. The highest BCUT2D eigenvalue weighted by molar-refractivity contribution is 8.00. The number of thiophene rings is 1. The van der Waals surface area contributed by atoms with E-state index in [4.69, 9.17) is 0 Å². The standard InChI is InChI=1S/C19H25N3OS2/c1-22(13-7-3-2-4-8-13)16(23)11-24-18-17-14-9-5-6-10-15(14)25-19(17)21-12-20-18/h12-13H,2-11H2,1H3. The summed E-state index contributed by atoms with van der Waals surface area (Å²) in [5.41, 5.74) is 1.45. The molecule has 4 nitrogen and oxygen atoms in total. The van der Waals surface area contributed by atoms with Gasteiger partial charge in [0.15, 0.2) is 0 Å². The predicted molar refractivity (Wildman–Crippen MR) is 104 cm³/mol. The van der Waals surface area contributed by atoms with Crippen LogP contribution in [0.1, 0.15) is 55.4 Å². The lowest BCUT2D eigenvalue weighted by molar-refractivity contribution is -0.129. The highest BCUT2D eigenvalue weighted by atomic mass is 32.2. The molecule has 4 rings (SSSR count). The molecule has 2 heterocycles. The van der Waals surface area contributed by atoms with Crippen molar-refractivity contribution in [3.8, 4) is 0 Å². The Kier molecular flexibility index (Phi) is 5.27. The number of nitrogens with zero attached hydrogens (tertiary/aromatic N) is 3. The van der Waals surface area contributed by atoms with E-state index >= 15 is 0 Å². The number of thioether (sulfide) groups is 1. The van der Waals surface area contributed by atoms with Gasteiger partial charge in [0.2, 0.25) is 5.91 Å². The van der Waals surface area contributed by atoms with Gasteiger partial charge in [-0.3, -0.25) is 4.79 Å². The Hall–Kier alpha value is -1.14. The lowest BCUT2D eigenvalue weighted by Gasteiger charge is -2.31. The molecule has 2 aliphatic carbocycles. The predicted octanol–water partition coefficient (Wildman–Crippen LogP) is 4.45. The summed E-state index contributed by atoms with van der Waals surface area (Å²) in [6, 6.07) is 0.432. The summed E-state index contributed by atoms with van der Waals surface area (Å²) in [4.78, 5) is 26.2. The maximum atomic E-state index is 12.6. The molecule has 0 aromatic carbocycles. The van der Waals surface area contributed by atoms with Gasteiger partial charge in [-0.1, -0.05) is 31.0 Å². The molecule has 0 N–H and O–H groups in total. The van der Waals surface area contributed by atoms with E-state index < -0.39 is 0 Å². The van der Waals surface area contributed by atoms with Crippen LogP contribution in [0.25, 0.3) is 10.2 Å². The molecule has 0 aliphatic heterocycles. The van der Waals surface area contributed by atoms with Crippen LogP contribution in [-0.4, -0.2) is 39.6 Å². The first-order chi connectivity index (χ1) is 12.2. The second-order valence-electron chi connectivity index (χ2n) is 7.16. The highest BCUT2D eigenvalue weighted by Crippen LogP contribution is 2.39. The van der Waals surface area contributed by atoms with Gasteiger partial charge in [0.25, 0.3) is 0 Å². The second kappa shape index (κ2) is 7.62. The molecule has 0 saturated heterocycles. The van der Waals surface area contributed by atoms with Crippen LogP contribution in [0.2, 0.25) is 0 Å². The number of hydrogen-bond donors (Lipinski definition) is 0. The molecular formula is C19H25N3OS2. The fourth-order valence-corrected chi connectivity index (χ4v) is 6.32. The molecule has 0 radical (unpaired) electrons. The molecule has 0 bridgehead atoms. The van der Waals surface area contributed by atoms with E-state index in [1.807, 2.05) is 23.3 Å². The number of carbonyl (C=O) groups excluding carboxylic acids is 1. The van der Waals surface area contributed by atoms with E-state index in [2.05, 4.69) is 9.97 Å². The van der Waals surface area contributed by atoms with Gasteiger partial charge in [0, 0.05) is 23.4 Å². The van der Waals surface area contributed by atoms with Gasteiger partial charge in [-0.25, -0.2) is 9.97 Å². The van der Waals surface area contributed by atoms with Crippen LogP contribution in [0.3, 0.4) is 0 Å². The molecule has 0 spiro atoms. The Labute approximate surface area is 157 Å². The minimum atomic E-state index is 0.229. The smallest absolute Gasteiger partial charge is 0.232 e. The fraction of sp³-hybridized carbons (Fsp3) is 0.632. The van der Waals surface area contributed by atoms with Crippen LogP contribution in [0.4, 0.5) is 0 Å². The van der Waals surface area contributed by atoms with E-state index in [0.717, 1.165) is 29.1 Å². The fourth-order valence-electron chi connectivity index (χ4n) is 4.07. The molecule has 25 heavy (non-hydrogen) atoms. The third-order valence-corrected chi connectivity index (χ3v) is 7.74. The molecular weight excluding hydrogens is 350 g/mol. The monoisotopic (exact) mass is 375 g/mol. The summed E-state index contributed by atoms with van der Waals surface area (Å²) in [5, 5.41) is 2.22. The summed E-state index contributed by atoms with van der Waals surface area (Å²) in [5.74, 6) is 0.705. The van der Waals surface area contributed by atoms with E-state index in [9.17, 15) is 4.79 Å². The van der Waals surface area contributed by atoms with Gasteiger partial charge in [0.1, 0.15) is 16.2 Å². The molecule has 2 aromatic rings. The van der Waals surface area contributed by atoms with E-state index in [1.165, 1.54) is 54.4 Å². The zero-order valence-electron chi connectivity index (χ0n) is 14.8. The van der Waals surface area contributed by atoms with E-state index in [-0.39, 0.29) is 5.91 Å². The molecule has 6 heteroatoms. The van der Waals surface area contributed by atoms with Crippen molar-refractivity contribution in [3.05, 3.63) is 16.8 Å². The number of rotatable bonds is 4. The third kappa shape index (κ3) is 3.56. The van der Waals surface area contributed by atoms with Gasteiger partial charge < -0.3 is 4.90 Å². The van der Waals surface area contributed by atoms with Crippen LogP contribution >= 0.6 is 23.1 Å². The quantitative estimate of drug-likeness (QED) is 0.585. The summed E-state index contributed by atoms with van der Waals surface area (Å²) < 4.78 is 0. The molecule has 0 atom stereocenters. The summed E-state index contributed by atoms with van der Waals surface area (Å²) >= 11 is 3.41. The summed E-state index contributed by atoms with van der Waals surface area (Å²) in [6.45, 7) is 0. The van der Waals surface area contributed by atoms with Gasteiger partial charge >= 0.3 is 0 Å². The Morgan fingerprint density at radius 3 is 2.84 bits per heavy atom. The first kappa shape index (κ1) is 17.3. The van der Waals surface area contributed by atoms with Crippen molar-refractivity contribution < 1.29 is 4.79 Å². The molecule has 1 amide bonds. The summed E-state index contributed by atoms with van der Waals surface area (Å²) in [6.07, 6.45) is 12.6. The first-order valence-electron chi connectivity index (χ1n) is 9.37. The maximum absolute atomic E-state index is 12.6. The topological polar surface area (TPSA) is 46.1 Å². The highest BCUT2D eigenvalue weighted by Gasteiger charge is 2.24. The molecule has 0 unspecified atom stereocenters. The zero-order valence-corrected chi connectivity index (χ0v) is 16.4. The average molecular weight is 376 g/mol. The van der Waals surface area contributed by atoms with Crippen molar-refractivity contribution in [2.75, 3.05) is 12.8 Å². The minimum Gasteiger partial charge on any atom is -0.342 e. The molecule has 2 aliphatic rings. The van der Waals surface area contributed by atoms with Crippen LogP contribution in [0.5, 0.6) is 0 Å². The van der Waals surface area contributed by atoms with Gasteiger partial charge in [-0.15, -0.1) is 11.3 Å². The van der Waals surface area contributed by atoms with Crippen molar-refractivity contribution in [3.63, 3.8) is 0 Å².